The smallest absolute Gasteiger partial charge is 0.147 e. The zero-order valence-electron chi connectivity index (χ0n) is 8.09. The van der Waals surface area contributed by atoms with Gasteiger partial charge in [0.1, 0.15) is 5.82 Å². The zero-order valence-corrected chi connectivity index (χ0v) is 12.0. The average molecular weight is 354 g/mol. The molecule has 5 heteroatoms. The first kappa shape index (κ1) is 11.7. The largest absolute Gasteiger partial charge is 0.355 e. The van der Waals surface area contributed by atoms with Crippen LogP contribution in [0.15, 0.2) is 16.7 Å². The van der Waals surface area contributed by atoms with Crippen molar-refractivity contribution in [1.29, 1.82) is 0 Å². The molecule has 82 valence electrons. The van der Waals surface area contributed by atoms with Crippen molar-refractivity contribution in [3.63, 3.8) is 0 Å². The summed E-state index contributed by atoms with van der Waals surface area (Å²) in [5.74, 6) is 1.62. The molecule has 1 unspecified atom stereocenters. The van der Waals surface area contributed by atoms with Gasteiger partial charge in [0.05, 0.1) is 5.02 Å². The van der Waals surface area contributed by atoms with Gasteiger partial charge in [-0.1, -0.05) is 27.5 Å². The predicted molar refractivity (Wildman–Crippen MR) is 71.1 cm³/mol. The van der Waals surface area contributed by atoms with Crippen LogP contribution in [0.5, 0.6) is 0 Å². The van der Waals surface area contributed by atoms with Crippen LogP contribution in [0.1, 0.15) is 6.42 Å². The zero-order chi connectivity index (χ0) is 10.8. The van der Waals surface area contributed by atoms with Crippen LogP contribution >= 0.6 is 43.5 Å². The molecule has 2 heterocycles. The molecule has 1 aromatic heterocycles. The van der Waals surface area contributed by atoms with Gasteiger partial charge in [0.25, 0.3) is 0 Å². The molecule has 1 aliphatic rings. The molecule has 1 saturated heterocycles. The maximum atomic E-state index is 6.15. The summed E-state index contributed by atoms with van der Waals surface area (Å²) in [5, 5.41) is 1.78. The third-order valence-corrected chi connectivity index (χ3v) is 4.22. The molecule has 15 heavy (non-hydrogen) atoms. The molecule has 1 aliphatic heterocycles. The molecular weight excluding hydrogens is 343 g/mol. The Balaban J connectivity index is 2.17. The first-order valence-electron chi connectivity index (χ1n) is 4.82. The minimum Gasteiger partial charge on any atom is -0.355 e. The van der Waals surface area contributed by atoms with Crippen LogP contribution in [0.4, 0.5) is 5.82 Å². The number of nitrogens with zero attached hydrogens (tertiary/aromatic N) is 2. The molecule has 0 bridgehead atoms. The van der Waals surface area contributed by atoms with Gasteiger partial charge in [-0.05, 0) is 34.3 Å². The van der Waals surface area contributed by atoms with Crippen molar-refractivity contribution in [3.8, 4) is 0 Å². The summed E-state index contributed by atoms with van der Waals surface area (Å²) in [5.41, 5.74) is 0. The van der Waals surface area contributed by atoms with Gasteiger partial charge in [-0.3, -0.25) is 0 Å². The van der Waals surface area contributed by atoms with E-state index in [-0.39, 0.29) is 0 Å². The molecule has 0 saturated carbocycles. The van der Waals surface area contributed by atoms with E-state index in [0.29, 0.717) is 5.92 Å². The van der Waals surface area contributed by atoms with Crippen molar-refractivity contribution in [1.82, 2.24) is 4.98 Å². The lowest BCUT2D eigenvalue weighted by Gasteiger charge is -2.18. The second kappa shape index (κ2) is 5.02. The topological polar surface area (TPSA) is 16.1 Å². The summed E-state index contributed by atoms with van der Waals surface area (Å²) in [4.78, 5) is 6.61. The third kappa shape index (κ3) is 2.66. The normalized spacial score (nSPS) is 21.0. The summed E-state index contributed by atoms with van der Waals surface area (Å²) in [7, 11) is 0. The Bertz CT molecular complexity index is 359. The van der Waals surface area contributed by atoms with Crippen LogP contribution in [0.2, 0.25) is 5.02 Å². The van der Waals surface area contributed by atoms with E-state index < -0.39 is 0 Å². The number of pyridine rings is 1. The van der Waals surface area contributed by atoms with E-state index >= 15 is 0 Å². The predicted octanol–water partition coefficient (Wildman–Crippen LogP) is 3.72. The standard InChI is InChI=1S/C10H11Br2ClN2/c11-4-7-1-2-15(6-7)10-9(13)3-8(12)5-14-10/h3,5,7H,1-2,4,6H2. The molecule has 0 radical (unpaired) electrons. The van der Waals surface area contributed by atoms with Crippen molar-refractivity contribution >= 4 is 49.3 Å². The summed E-state index contributed by atoms with van der Waals surface area (Å²) in [6.07, 6.45) is 3.00. The van der Waals surface area contributed by atoms with Gasteiger partial charge < -0.3 is 4.90 Å². The van der Waals surface area contributed by atoms with E-state index in [4.69, 9.17) is 11.6 Å². The molecule has 0 N–H and O–H groups in total. The first-order valence-corrected chi connectivity index (χ1v) is 7.12. The van der Waals surface area contributed by atoms with E-state index in [1.807, 2.05) is 6.07 Å². The van der Waals surface area contributed by atoms with E-state index in [9.17, 15) is 0 Å². The van der Waals surface area contributed by atoms with Gasteiger partial charge in [0, 0.05) is 29.1 Å². The van der Waals surface area contributed by atoms with Crippen molar-refractivity contribution in [2.45, 2.75) is 6.42 Å². The molecule has 2 nitrogen and oxygen atoms in total. The number of hydrogen-bond donors (Lipinski definition) is 0. The van der Waals surface area contributed by atoms with E-state index in [2.05, 4.69) is 41.7 Å². The van der Waals surface area contributed by atoms with Gasteiger partial charge in [-0.2, -0.15) is 0 Å². The monoisotopic (exact) mass is 352 g/mol. The highest BCUT2D eigenvalue weighted by molar-refractivity contribution is 9.10. The van der Waals surface area contributed by atoms with Gasteiger partial charge >= 0.3 is 0 Å². The van der Waals surface area contributed by atoms with E-state index in [1.54, 1.807) is 6.20 Å². The van der Waals surface area contributed by atoms with Crippen molar-refractivity contribution in [3.05, 3.63) is 21.8 Å². The number of hydrogen-bond acceptors (Lipinski definition) is 2. The lowest BCUT2D eigenvalue weighted by atomic mass is 10.2. The molecule has 0 amide bonds. The van der Waals surface area contributed by atoms with Crippen molar-refractivity contribution in [2.24, 2.45) is 5.92 Å². The van der Waals surface area contributed by atoms with Crippen LogP contribution in [-0.2, 0) is 0 Å². The Labute approximate surface area is 111 Å². The molecular formula is C10H11Br2ClN2. The van der Waals surface area contributed by atoms with Gasteiger partial charge in [-0.25, -0.2) is 4.98 Å². The van der Waals surface area contributed by atoms with Crippen LogP contribution < -0.4 is 4.90 Å². The molecule has 1 fully saturated rings. The molecule has 1 aromatic rings. The second-order valence-electron chi connectivity index (χ2n) is 3.71. The van der Waals surface area contributed by atoms with E-state index in [1.165, 1.54) is 6.42 Å². The summed E-state index contributed by atoms with van der Waals surface area (Å²) >= 11 is 13.0. The highest BCUT2D eigenvalue weighted by Crippen LogP contribution is 2.30. The lowest BCUT2D eigenvalue weighted by Crippen LogP contribution is -2.21. The quantitative estimate of drug-likeness (QED) is 0.753. The third-order valence-electron chi connectivity index (χ3n) is 2.59. The van der Waals surface area contributed by atoms with Gasteiger partial charge in [0.2, 0.25) is 0 Å². The SMILES string of the molecule is Clc1cc(Br)cnc1N1CCC(CBr)C1. The van der Waals surface area contributed by atoms with Crippen molar-refractivity contribution in [2.75, 3.05) is 23.3 Å². The summed E-state index contributed by atoms with van der Waals surface area (Å²) < 4.78 is 0.924. The summed E-state index contributed by atoms with van der Waals surface area (Å²) in [6.45, 7) is 2.09. The van der Waals surface area contributed by atoms with E-state index in [0.717, 1.165) is 33.7 Å². The van der Waals surface area contributed by atoms with Crippen LogP contribution in [0, 0.1) is 5.92 Å². The van der Waals surface area contributed by atoms with Crippen LogP contribution in [-0.4, -0.2) is 23.4 Å². The summed E-state index contributed by atoms with van der Waals surface area (Å²) in [6, 6.07) is 1.89. The van der Waals surface area contributed by atoms with Gasteiger partial charge in [-0.15, -0.1) is 0 Å². The van der Waals surface area contributed by atoms with Crippen LogP contribution in [0.25, 0.3) is 0 Å². The van der Waals surface area contributed by atoms with Crippen LogP contribution in [0.3, 0.4) is 0 Å². The first-order chi connectivity index (χ1) is 7.20. The maximum Gasteiger partial charge on any atom is 0.147 e. The Morgan fingerprint density at radius 1 is 1.60 bits per heavy atom. The average Bonchev–Trinajstić information content (AvgIpc) is 2.66. The number of halogens is 3. The Hall–Kier alpha value is 0.200. The highest BCUT2D eigenvalue weighted by atomic mass is 79.9. The molecule has 0 aliphatic carbocycles. The number of anilines is 1. The van der Waals surface area contributed by atoms with Gasteiger partial charge in [0.15, 0.2) is 0 Å². The minimum absolute atomic E-state index is 0.714. The fourth-order valence-electron chi connectivity index (χ4n) is 1.79. The van der Waals surface area contributed by atoms with Crippen molar-refractivity contribution < 1.29 is 0 Å². The minimum atomic E-state index is 0.714. The molecule has 0 aromatic carbocycles. The number of rotatable bonds is 2. The Morgan fingerprint density at radius 3 is 3.00 bits per heavy atom. The second-order valence-corrected chi connectivity index (χ2v) is 5.68. The molecule has 2 rings (SSSR count). The molecule has 1 atom stereocenters. The number of alkyl halides is 1. The fourth-order valence-corrected chi connectivity index (χ4v) is 3.07. The number of aromatic nitrogens is 1. The maximum absolute atomic E-state index is 6.15. The lowest BCUT2D eigenvalue weighted by molar-refractivity contribution is 0.675. The highest BCUT2D eigenvalue weighted by Gasteiger charge is 2.23. The Morgan fingerprint density at radius 2 is 2.40 bits per heavy atom. The molecule has 0 spiro atoms. The Kier molecular flexibility index (Phi) is 3.91. The fraction of sp³-hybridized carbons (Fsp3) is 0.500.